The molecule has 8 nitrogen and oxygen atoms in total. The molecule has 2 aromatic heterocycles. The predicted molar refractivity (Wildman–Crippen MR) is 211 cm³/mol. The number of hydrogen-bond donors (Lipinski definition) is 2. The number of nitrogens with one attached hydrogen (secondary N) is 2. The van der Waals surface area contributed by atoms with E-state index in [1.165, 1.54) is 10.5 Å². The number of hydrogen-bond acceptors (Lipinski definition) is 5. The SMILES string of the molecule is C=CCCCN(C(=O)Nc1c(C(C)C)cc(-c2cccc(OCCN(CC)Cc3ccccc3)c2)cc1C(C)C)c1cc2cccnc2[nH]c1=O. The van der Waals surface area contributed by atoms with Crippen molar-refractivity contribution < 1.29 is 9.53 Å². The van der Waals surface area contributed by atoms with E-state index in [1.54, 1.807) is 12.3 Å². The summed E-state index contributed by atoms with van der Waals surface area (Å²) in [7, 11) is 0. The van der Waals surface area contributed by atoms with Gasteiger partial charge in [0.25, 0.3) is 5.56 Å². The molecule has 0 aliphatic carbocycles. The van der Waals surface area contributed by atoms with Crippen molar-refractivity contribution in [2.24, 2.45) is 0 Å². The van der Waals surface area contributed by atoms with Gasteiger partial charge in [0.1, 0.15) is 23.7 Å². The van der Waals surface area contributed by atoms with Crippen molar-refractivity contribution >= 4 is 28.4 Å². The van der Waals surface area contributed by atoms with E-state index >= 15 is 0 Å². The third-order valence-corrected chi connectivity index (χ3v) is 9.14. The fraction of sp³-hybridized carbons (Fsp3) is 0.326. The van der Waals surface area contributed by atoms with Gasteiger partial charge in [-0.05, 0) is 102 Å². The number of aromatic nitrogens is 2. The smallest absolute Gasteiger partial charge is 0.326 e. The van der Waals surface area contributed by atoms with Crippen LogP contribution in [-0.4, -0.2) is 47.1 Å². The van der Waals surface area contributed by atoms with Crippen LogP contribution in [0.4, 0.5) is 16.2 Å². The number of allylic oxidation sites excluding steroid dienone is 1. The summed E-state index contributed by atoms with van der Waals surface area (Å²) in [5, 5.41) is 4.01. The van der Waals surface area contributed by atoms with Crippen molar-refractivity contribution in [3.8, 4) is 16.9 Å². The summed E-state index contributed by atoms with van der Waals surface area (Å²) in [6.07, 6.45) is 4.83. The summed E-state index contributed by atoms with van der Waals surface area (Å²) < 4.78 is 6.27. The Labute approximate surface area is 302 Å². The van der Waals surface area contributed by atoms with Gasteiger partial charge in [0.05, 0.1) is 0 Å². The molecule has 8 heteroatoms. The number of carbonyl (C=O) groups excluding carboxylic acids is 1. The number of H-pyrrole nitrogens is 1. The van der Waals surface area contributed by atoms with Gasteiger partial charge in [-0.2, -0.15) is 0 Å². The first-order chi connectivity index (χ1) is 24.7. The molecular formula is C43H51N5O3. The number of rotatable bonds is 16. The number of likely N-dealkylation sites (N-methyl/N-ethyl adjacent to an activating group) is 1. The number of carbonyl (C=O) groups is 1. The molecule has 2 heterocycles. The van der Waals surface area contributed by atoms with Gasteiger partial charge in [-0.1, -0.05) is 83.2 Å². The van der Waals surface area contributed by atoms with Crippen molar-refractivity contribution in [1.82, 2.24) is 14.9 Å². The van der Waals surface area contributed by atoms with Crippen molar-refractivity contribution in [3.63, 3.8) is 0 Å². The van der Waals surface area contributed by atoms with E-state index in [0.29, 0.717) is 31.6 Å². The second-order valence-electron chi connectivity index (χ2n) is 13.5. The lowest BCUT2D eigenvalue weighted by molar-refractivity contribution is 0.210. The average molecular weight is 686 g/mol. The number of amides is 2. The Hall–Kier alpha value is -5.21. The standard InChI is InChI=1S/C43H51N5O3/c1-7-9-13-22-48(39-28-34-19-15-21-44-41(34)46-42(39)49)43(50)45-40-37(30(3)4)26-35(27-38(40)31(5)6)33-18-14-20-36(25-33)51-24-23-47(8-2)29-32-16-11-10-12-17-32/h7,10-12,14-21,25-28,30-31H,1,8-9,13,22-24,29H2,2-6H3,(H,45,50)(H,44,46,49). The minimum absolute atomic E-state index is 0.117. The van der Waals surface area contributed by atoms with Crippen LogP contribution in [0.25, 0.3) is 22.2 Å². The number of fused-ring (bicyclic) bond motifs is 1. The summed E-state index contributed by atoms with van der Waals surface area (Å²) in [4.78, 5) is 38.5. The number of aromatic amines is 1. The molecule has 0 atom stereocenters. The molecular weight excluding hydrogens is 635 g/mol. The van der Waals surface area contributed by atoms with E-state index in [4.69, 9.17) is 4.74 Å². The van der Waals surface area contributed by atoms with Gasteiger partial charge in [0, 0.05) is 36.9 Å². The summed E-state index contributed by atoms with van der Waals surface area (Å²) in [5.74, 6) is 1.06. The van der Waals surface area contributed by atoms with E-state index in [9.17, 15) is 9.59 Å². The molecule has 51 heavy (non-hydrogen) atoms. The predicted octanol–water partition coefficient (Wildman–Crippen LogP) is 9.74. The second-order valence-corrected chi connectivity index (χ2v) is 13.5. The highest BCUT2D eigenvalue weighted by atomic mass is 16.5. The molecule has 0 radical (unpaired) electrons. The Bertz CT molecular complexity index is 1960. The first-order valence-corrected chi connectivity index (χ1v) is 18.0. The Morgan fingerprint density at radius 1 is 0.922 bits per heavy atom. The van der Waals surface area contributed by atoms with Crippen LogP contribution in [-0.2, 0) is 6.54 Å². The molecule has 0 saturated heterocycles. The van der Waals surface area contributed by atoms with E-state index in [2.05, 4.69) is 110 Å². The first-order valence-electron chi connectivity index (χ1n) is 18.0. The third-order valence-electron chi connectivity index (χ3n) is 9.14. The quantitative estimate of drug-likeness (QED) is 0.0797. The second kappa shape index (κ2) is 17.6. The normalized spacial score (nSPS) is 11.4. The maximum absolute atomic E-state index is 14.2. The number of unbranched alkanes of at least 4 members (excludes halogenated alkanes) is 1. The van der Waals surface area contributed by atoms with Gasteiger partial charge >= 0.3 is 6.03 Å². The average Bonchev–Trinajstić information content (AvgIpc) is 3.13. The molecule has 0 aliphatic heterocycles. The maximum Gasteiger partial charge on any atom is 0.326 e. The largest absolute Gasteiger partial charge is 0.492 e. The zero-order valence-corrected chi connectivity index (χ0v) is 30.6. The number of nitrogens with zero attached hydrogens (tertiary/aromatic N) is 3. The Morgan fingerprint density at radius 3 is 2.35 bits per heavy atom. The van der Waals surface area contributed by atoms with Crippen LogP contribution in [0.2, 0.25) is 0 Å². The topological polar surface area (TPSA) is 90.6 Å². The summed E-state index contributed by atoms with van der Waals surface area (Å²) >= 11 is 0. The minimum atomic E-state index is -0.362. The van der Waals surface area contributed by atoms with Crippen LogP contribution in [0.15, 0.2) is 109 Å². The van der Waals surface area contributed by atoms with Gasteiger partial charge in [-0.25, -0.2) is 9.78 Å². The summed E-state index contributed by atoms with van der Waals surface area (Å²) in [6, 6.07) is 28.2. The van der Waals surface area contributed by atoms with Gasteiger partial charge in [-0.15, -0.1) is 6.58 Å². The lowest BCUT2D eigenvalue weighted by atomic mass is 9.88. The zero-order valence-electron chi connectivity index (χ0n) is 30.6. The number of urea groups is 1. The molecule has 0 spiro atoms. The van der Waals surface area contributed by atoms with Crippen LogP contribution >= 0.6 is 0 Å². The Balaban J connectivity index is 1.41. The van der Waals surface area contributed by atoms with E-state index in [1.807, 2.05) is 36.4 Å². The zero-order chi connectivity index (χ0) is 36.3. The molecule has 0 fully saturated rings. The maximum atomic E-state index is 14.2. The van der Waals surface area contributed by atoms with Gasteiger partial charge in [-0.3, -0.25) is 14.6 Å². The lowest BCUT2D eigenvalue weighted by Crippen LogP contribution is -2.39. The summed E-state index contributed by atoms with van der Waals surface area (Å²) in [6.45, 7) is 18.2. The molecule has 3 aromatic carbocycles. The molecule has 2 N–H and O–H groups in total. The number of benzene rings is 3. The Kier molecular flexibility index (Phi) is 12.8. The van der Waals surface area contributed by atoms with Crippen molar-refractivity contribution in [2.75, 3.05) is 36.5 Å². The highest BCUT2D eigenvalue weighted by Crippen LogP contribution is 2.38. The van der Waals surface area contributed by atoms with E-state index < -0.39 is 0 Å². The van der Waals surface area contributed by atoms with Crippen LogP contribution in [0, 0.1) is 0 Å². The van der Waals surface area contributed by atoms with Crippen LogP contribution in [0.3, 0.4) is 0 Å². The number of pyridine rings is 2. The number of ether oxygens (including phenoxy) is 1. The molecule has 0 aliphatic rings. The highest BCUT2D eigenvalue weighted by molar-refractivity contribution is 6.03. The van der Waals surface area contributed by atoms with Crippen molar-refractivity contribution in [2.45, 2.75) is 65.8 Å². The highest BCUT2D eigenvalue weighted by Gasteiger charge is 2.24. The monoisotopic (exact) mass is 685 g/mol. The fourth-order valence-electron chi connectivity index (χ4n) is 6.28. The van der Waals surface area contributed by atoms with E-state index in [-0.39, 0.29) is 29.1 Å². The lowest BCUT2D eigenvalue weighted by Gasteiger charge is -2.27. The summed E-state index contributed by atoms with van der Waals surface area (Å²) in [5.41, 5.74) is 6.65. The Morgan fingerprint density at radius 2 is 1.67 bits per heavy atom. The van der Waals surface area contributed by atoms with Gasteiger partial charge < -0.3 is 15.0 Å². The molecule has 5 aromatic rings. The minimum Gasteiger partial charge on any atom is -0.492 e. The molecule has 0 saturated carbocycles. The van der Waals surface area contributed by atoms with Gasteiger partial charge in [0.2, 0.25) is 0 Å². The molecule has 0 bridgehead atoms. The molecule has 5 rings (SSSR count). The fourth-order valence-corrected chi connectivity index (χ4v) is 6.28. The van der Waals surface area contributed by atoms with Gasteiger partial charge in [0.15, 0.2) is 0 Å². The van der Waals surface area contributed by atoms with Crippen molar-refractivity contribution in [1.29, 1.82) is 0 Å². The van der Waals surface area contributed by atoms with Crippen molar-refractivity contribution in [3.05, 3.63) is 131 Å². The van der Waals surface area contributed by atoms with Crippen LogP contribution in [0.1, 0.15) is 76.0 Å². The number of anilines is 2. The molecule has 0 unspecified atom stereocenters. The molecule has 266 valence electrons. The van der Waals surface area contributed by atoms with E-state index in [0.717, 1.165) is 58.7 Å². The first kappa shape index (κ1) is 37.1. The third kappa shape index (κ3) is 9.52. The molecule has 2 amide bonds. The van der Waals surface area contributed by atoms with Crippen LogP contribution < -0.4 is 20.5 Å². The van der Waals surface area contributed by atoms with Crippen LogP contribution in [0.5, 0.6) is 5.75 Å².